The average Bonchev–Trinajstić information content (AvgIpc) is 3.71. The molecule has 1 atom stereocenters. The Balaban J connectivity index is 1.34. The quantitative estimate of drug-likeness (QED) is 0.0945. The normalized spacial score (nSPS) is 15.6. The second kappa shape index (κ2) is 15.2. The number of carboxylic acids is 1. The van der Waals surface area contributed by atoms with Crippen LogP contribution < -0.4 is 26.2 Å². The number of hydrogen-bond donors (Lipinski definition) is 5. The molecule has 3 aromatic rings. The maximum absolute atomic E-state index is 13.9. The van der Waals surface area contributed by atoms with Gasteiger partial charge in [0.15, 0.2) is 11.7 Å². The van der Waals surface area contributed by atoms with Crippen molar-refractivity contribution in [2.45, 2.75) is 56.5 Å². The molecule has 1 fully saturated rings. The van der Waals surface area contributed by atoms with Crippen LogP contribution in [0.15, 0.2) is 57.7 Å². The van der Waals surface area contributed by atoms with Gasteiger partial charge in [-0.15, -0.1) is 11.3 Å². The third-order valence-electron chi connectivity index (χ3n) is 8.50. The van der Waals surface area contributed by atoms with E-state index in [4.69, 9.17) is 16.2 Å². The van der Waals surface area contributed by atoms with Crippen LogP contribution in [0.4, 0.5) is 5.69 Å². The average molecular weight is 697 g/mol. The number of hydrogen-bond acceptors (Lipinski definition) is 9. The Morgan fingerprint density at radius 2 is 1.90 bits per heavy atom. The van der Waals surface area contributed by atoms with Gasteiger partial charge in [0.05, 0.1) is 24.3 Å². The number of amides is 1. The van der Waals surface area contributed by atoms with Gasteiger partial charge in [-0.05, 0) is 97.6 Å². The third-order valence-corrected chi connectivity index (χ3v) is 10.8. The second-order valence-corrected chi connectivity index (χ2v) is 14.6. The maximum Gasteiger partial charge on any atom is 0.306 e. The Morgan fingerprint density at radius 3 is 2.60 bits per heavy atom. The zero-order chi connectivity index (χ0) is 34.4. The van der Waals surface area contributed by atoms with E-state index in [2.05, 4.69) is 19.9 Å². The summed E-state index contributed by atoms with van der Waals surface area (Å²) in [5, 5.41) is 13.6. The van der Waals surface area contributed by atoms with Gasteiger partial charge in [-0.1, -0.05) is 18.2 Å². The summed E-state index contributed by atoms with van der Waals surface area (Å²) < 4.78 is 36.2. The zero-order valence-corrected chi connectivity index (χ0v) is 28.2. The summed E-state index contributed by atoms with van der Waals surface area (Å²) in [6.45, 7) is 4.07. The lowest BCUT2D eigenvalue weighted by Crippen LogP contribution is -2.39. The number of nitrogens with zero attached hydrogens (tertiary/aromatic N) is 2. The van der Waals surface area contributed by atoms with Crippen LogP contribution in [-0.2, 0) is 32.6 Å². The maximum atomic E-state index is 13.9. The van der Waals surface area contributed by atoms with Crippen molar-refractivity contribution in [1.29, 1.82) is 0 Å². The van der Waals surface area contributed by atoms with Crippen molar-refractivity contribution in [3.05, 3.63) is 63.8 Å². The van der Waals surface area contributed by atoms with Crippen LogP contribution in [0.25, 0.3) is 11.1 Å². The van der Waals surface area contributed by atoms with Gasteiger partial charge in [0.25, 0.3) is 15.9 Å². The SMILES string of the molecule is CC(=O)C(CCCN=C(N)N)NC(=O)c1sccc1NS(=O)(=O)c1cc(-c2cccc(CN3CCC(C(=O)O)CC3)c2)cc2c1OCC2. The van der Waals surface area contributed by atoms with Gasteiger partial charge in [0.1, 0.15) is 15.5 Å². The third kappa shape index (κ3) is 8.51. The number of nitrogens with two attached hydrogens (primary N) is 2. The fourth-order valence-electron chi connectivity index (χ4n) is 5.95. The number of thiophene rings is 1. The lowest BCUT2D eigenvalue weighted by atomic mass is 9.96. The van der Waals surface area contributed by atoms with Gasteiger partial charge < -0.3 is 26.6 Å². The van der Waals surface area contributed by atoms with Crippen LogP contribution in [0, 0.1) is 5.92 Å². The highest BCUT2D eigenvalue weighted by atomic mass is 32.2. The van der Waals surface area contributed by atoms with Gasteiger partial charge in [-0.2, -0.15) is 0 Å². The number of carbonyl (C=O) groups is 3. The van der Waals surface area contributed by atoms with E-state index >= 15 is 0 Å². The molecule has 7 N–H and O–H groups in total. The fraction of sp³-hybridized carbons (Fsp3) is 0.394. The van der Waals surface area contributed by atoms with Crippen LogP contribution in [0.5, 0.6) is 5.75 Å². The number of benzene rings is 2. The molecule has 15 heteroatoms. The Kier molecular flexibility index (Phi) is 11.0. The minimum Gasteiger partial charge on any atom is -0.492 e. The molecule has 5 rings (SSSR count). The second-order valence-electron chi connectivity index (χ2n) is 12.0. The number of carbonyl (C=O) groups excluding carboxylic acids is 2. The monoisotopic (exact) mass is 696 g/mol. The van der Waals surface area contributed by atoms with Crippen molar-refractivity contribution in [3.8, 4) is 16.9 Å². The first-order valence-corrected chi connectivity index (χ1v) is 18.1. The zero-order valence-electron chi connectivity index (χ0n) is 26.6. The highest BCUT2D eigenvalue weighted by Gasteiger charge is 2.30. The number of aliphatic imine (C=N–C) groups is 1. The minimum atomic E-state index is -4.22. The number of ether oxygens (including phenoxy) is 1. The van der Waals surface area contributed by atoms with Crippen LogP contribution in [0.3, 0.4) is 0 Å². The number of ketones is 1. The summed E-state index contributed by atoms with van der Waals surface area (Å²) in [6.07, 6.45) is 2.54. The van der Waals surface area contributed by atoms with Crippen molar-refractivity contribution < 1.29 is 32.6 Å². The molecule has 0 radical (unpaired) electrons. The van der Waals surface area contributed by atoms with E-state index in [1.165, 1.54) is 13.0 Å². The highest BCUT2D eigenvalue weighted by Crippen LogP contribution is 2.39. The number of nitrogens with one attached hydrogen (secondary N) is 2. The summed E-state index contributed by atoms with van der Waals surface area (Å²) in [7, 11) is -4.22. The Hall–Kier alpha value is -4.47. The molecule has 1 aromatic heterocycles. The predicted molar refractivity (Wildman–Crippen MR) is 184 cm³/mol. The number of Topliss-reactive ketones (excluding diaryl/α,β-unsaturated/α-hetero) is 1. The lowest BCUT2D eigenvalue weighted by molar-refractivity contribution is -0.143. The lowest BCUT2D eigenvalue weighted by Gasteiger charge is -2.30. The molecule has 0 aliphatic carbocycles. The summed E-state index contributed by atoms with van der Waals surface area (Å²) in [4.78, 5) is 43.0. The molecule has 256 valence electrons. The van der Waals surface area contributed by atoms with E-state index in [9.17, 15) is 27.9 Å². The number of rotatable bonds is 14. The number of likely N-dealkylation sites (tertiary alicyclic amines) is 1. The van der Waals surface area contributed by atoms with Crippen molar-refractivity contribution in [2.24, 2.45) is 22.4 Å². The standard InChI is InChI=1S/C33H40N6O7S2/c1-20(40)26(6-3-11-36-33(34)35)37-31(41)30-27(10-15-47-30)38-48(44,45)28-18-25(17-24-9-14-46-29(24)28)23-5-2-4-21(16-23)19-39-12-7-22(8-13-39)32(42)43/h2,4-5,10,15-18,22,26,38H,3,6-9,11-14,19H2,1H3,(H,37,41)(H,42,43)(H4,34,35,36). The van der Waals surface area contributed by atoms with Crippen LogP contribution in [-0.4, -0.2) is 74.3 Å². The number of fused-ring (bicyclic) bond motifs is 1. The van der Waals surface area contributed by atoms with E-state index < -0.39 is 27.9 Å². The molecule has 3 heterocycles. The first kappa shape index (κ1) is 34.9. The van der Waals surface area contributed by atoms with E-state index in [0.29, 0.717) is 70.5 Å². The molecule has 1 saturated heterocycles. The Morgan fingerprint density at radius 1 is 1.12 bits per heavy atom. The van der Waals surface area contributed by atoms with Crippen molar-refractivity contribution in [3.63, 3.8) is 0 Å². The largest absolute Gasteiger partial charge is 0.492 e. The molecule has 48 heavy (non-hydrogen) atoms. The molecule has 13 nitrogen and oxygen atoms in total. The Labute approximate surface area is 283 Å². The van der Waals surface area contributed by atoms with Gasteiger partial charge in [0, 0.05) is 19.5 Å². The number of carboxylic acid groups (broad SMARTS) is 1. The highest BCUT2D eigenvalue weighted by molar-refractivity contribution is 7.92. The van der Waals surface area contributed by atoms with Gasteiger partial charge in [-0.25, -0.2) is 8.42 Å². The smallest absolute Gasteiger partial charge is 0.306 e. The van der Waals surface area contributed by atoms with E-state index in [1.807, 2.05) is 30.3 Å². The molecular formula is C33H40N6O7S2. The molecule has 1 amide bonds. The summed E-state index contributed by atoms with van der Waals surface area (Å²) in [5.41, 5.74) is 14.1. The molecule has 0 saturated carbocycles. The van der Waals surface area contributed by atoms with Gasteiger partial charge >= 0.3 is 5.97 Å². The number of anilines is 1. The van der Waals surface area contributed by atoms with Gasteiger partial charge in [0.2, 0.25) is 0 Å². The van der Waals surface area contributed by atoms with Crippen molar-refractivity contribution in [2.75, 3.05) is 31.0 Å². The summed E-state index contributed by atoms with van der Waals surface area (Å²) in [6, 6.07) is 12.1. The molecule has 0 spiro atoms. The molecule has 2 aliphatic heterocycles. The topological polar surface area (TPSA) is 207 Å². The van der Waals surface area contributed by atoms with Crippen molar-refractivity contribution in [1.82, 2.24) is 10.2 Å². The van der Waals surface area contributed by atoms with E-state index in [-0.39, 0.29) is 38.9 Å². The fourth-order valence-corrected chi connectivity index (χ4v) is 8.06. The summed E-state index contributed by atoms with van der Waals surface area (Å²) >= 11 is 1.05. The van der Waals surface area contributed by atoms with Crippen LogP contribution in [0.1, 0.15) is 53.4 Å². The number of piperidine rings is 1. The predicted octanol–water partition coefficient (Wildman–Crippen LogP) is 3.19. The Bertz CT molecular complexity index is 1810. The van der Waals surface area contributed by atoms with Gasteiger partial charge in [-0.3, -0.25) is 29.0 Å². The van der Waals surface area contributed by atoms with Crippen molar-refractivity contribution >= 4 is 50.7 Å². The number of aliphatic carboxylic acids is 1. The van der Waals surface area contributed by atoms with Crippen LogP contribution in [0.2, 0.25) is 0 Å². The molecule has 0 bridgehead atoms. The molecule has 2 aliphatic rings. The first-order chi connectivity index (χ1) is 22.9. The summed E-state index contributed by atoms with van der Waals surface area (Å²) in [5.74, 6) is -1.66. The number of guanidine groups is 1. The van der Waals surface area contributed by atoms with Crippen LogP contribution >= 0.6 is 11.3 Å². The van der Waals surface area contributed by atoms with E-state index in [0.717, 1.165) is 28.0 Å². The molecule has 1 unspecified atom stereocenters. The molecular weight excluding hydrogens is 657 g/mol. The molecule has 2 aromatic carbocycles. The van der Waals surface area contributed by atoms with E-state index in [1.54, 1.807) is 11.4 Å². The number of sulfonamides is 1. The first-order valence-electron chi connectivity index (χ1n) is 15.7. The minimum absolute atomic E-state index is 0.0347.